The van der Waals surface area contributed by atoms with Gasteiger partial charge in [0.15, 0.2) is 0 Å². The second-order valence-electron chi connectivity index (χ2n) is 6.36. The van der Waals surface area contributed by atoms with Crippen LogP contribution in [0.25, 0.3) is 0 Å². The topological polar surface area (TPSA) is 102 Å². The summed E-state index contributed by atoms with van der Waals surface area (Å²) < 4.78 is 0. The van der Waals surface area contributed by atoms with Gasteiger partial charge >= 0.3 is 12.0 Å². The maximum Gasteiger partial charge on any atom is 0.325 e. The van der Waals surface area contributed by atoms with Crippen molar-refractivity contribution in [1.82, 2.24) is 10.2 Å². The molecule has 138 valence electrons. The lowest BCUT2D eigenvalue weighted by molar-refractivity contribution is -0.144. The number of aliphatic hydroxyl groups is 1. The number of carbonyl (C=O) groups is 2. The molecule has 0 unspecified atom stereocenters. The lowest BCUT2D eigenvalue weighted by Crippen LogP contribution is -2.41. The number of likely N-dealkylation sites (tertiary alicyclic amines) is 1. The number of piperidine rings is 1. The number of carbonyl (C=O) groups excluding carboxylic acids is 1. The average molecular weight is 349 g/mol. The minimum absolute atomic E-state index is 0.263. The Bertz CT molecular complexity index is 568. The van der Waals surface area contributed by atoms with E-state index in [4.69, 9.17) is 0 Å². The maximum absolute atomic E-state index is 11.7. The normalized spacial score (nSPS) is 17.0. The molecule has 1 heterocycles. The Labute approximate surface area is 148 Å². The molecule has 1 fully saturated rings. The molecule has 0 aliphatic carbocycles. The Morgan fingerprint density at radius 2 is 1.88 bits per heavy atom. The highest BCUT2D eigenvalue weighted by Gasteiger charge is 2.30. The van der Waals surface area contributed by atoms with E-state index in [-0.39, 0.29) is 12.1 Å². The van der Waals surface area contributed by atoms with E-state index in [0.717, 1.165) is 12.8 Å². The second kappa shape index (κ2) is 9.39. The molecular weight excluding hydrogens is 322 g/mol. The number of benzene rings is 1. The van der Waals surface area contributed by atoms with E-state index >= 15 is 0 Å². The number of hydrogen-bond acceptors (Lipinski definition) is 4. The monoisotopic (exact) mass is 349 g/mol. The zero-order chi connectivity index (χ0) is 18.2. The van der Waals surface area contributed by atoms with Crippen molar-refractivity contribution in [3.8, 4) is 0 Å². The molecular formula is C18H27N3O4. The van der Waals surface area contributed by atoms with Gasteiger partial charge in [-0.2, -0.15) is 0 Å². The highest BCUT2D eigenvalue weighted by molar-refractivity contribution is 5.89. The quantitative estimate of drug-likeness (QED) is 0.565. The molecule has 1 aromatic rings. The Hall–Kier alpha value is -2.12. The molecule has 1 aliphatic heterocycles. The van der Waals surface area contributed by atoms with Crippen LogP contribution < -0.4 is 10.6 Å². The summed E-state index contributed by atoms with van der Waals surface area (Å²) in [5.41, 5.74) is 1.29. The van der Waals surface area contributed by atoms with Gasteiger partial charge in [0.1, 0.15) is 6.04 Å². The number of urea groups is 1. The SMILES string of the molecule is CCCCNC(=O)Nc1ccc([C@@H](C(=O)O)N2CCC(O)CC2)cc1. The summed E-state index contributed by atoms with van der Waals surface area (Å²) in [5, 5.41) is 24.7. The predicted molar refractivity (Wildman–Crippen MR) is 95.6 cm³/mol. The Morgan fingerprint density at radius 1 is 1.24 bits per heavy atom. The summed E-state index contributed by atoms with van der Waals surface area (Å²) >= 11 is 0. The third-order valence-corrected chi connectivity index (χ3v) is 4.40. The fraction of sp³-hybridized carbons (Fsp3) is 0.556. The zero-order valence-electron chi connectivity index (χ0n) is 14.6. The first-order valence-electron chi connectivity index (χ1n) is 8.81. The van der Waals surface area contributed by atoms with Gasteiger partial charge in [-0.3, -0.25) is 9.69 Å². The van der Waals surface area contributed by atoms with Crippen LogP contribution in [0.15, 0.2) is 24.3 Å². The number of nitrogens with zero attached hydrogens (tertiary/aromatic N) is 1. The standard InChI is InChI=1S/C18H27N3O4/c1-2-3-10-19-18(25)20-14-6-4-13(5-7-14)16(17(23)24)21-11-8-15(22)9-12-21/h4-7,15-16,22H,2-3,8-12H2,1H3,(H,23,24)(H2,19,20,25)/t16-/m0/s1. The van der Waals surface area contributed by atoms with E-state index in [1.54, 1.807) is 24.3 Å². The predicted octanol–water partition coefficient (Wildman–Crippen LogP) is 2.19. The molecule has 7 nitrogen and oxygen atoms in total. The van der Waals surface area contributed by atoms with Gasteiger partial charge in [-0.05, 0) is 37.0 Å². The molecule has 4 N–H and O–H groups in total. The van der Waals surface area contributed by atoms with E-state index in [1.807, 2.05) is 4.90 Å². The first-order chi connectivity index (χ1) is 12.0. The molecule has 0 spiro atoms. The van der Waals surface area contributed by atoms with Crippen molar-refractivity contribution in [2.24, 2.45) is 0 Å². The summed E-state index contributed by atoms with van der Waals surface area (Å²) in [5.74, 6) is -0.908. The molecule has 1 aliphatic rings. The maximum atomic E-state index is 11.7. The molecule has 2 amide bonds. The summed E-state index contributed by atoms with van der Waals surface area (Å²) in [6.07, 6.45) is 2.77. The van der Waals surface area contributed by atoms with Gasteiger partial charge < -0.3 is 20.8 Å². The number of carboxylic acid groups (broad SMARTS) is 1. The summed E-state index contributed by atoms with van der Waals surface area (Å²) in [6, 6.07) is 5.88. The van der Waals surface area contributed by atoms with Crippen molar-refractivity contribution >= 4 is 17.7 Å². The van der Waals surface area contributed by atoms with Crippen LogP contribution in [0.5, 0.6) is 0 Å². The Morgan fingerprint density at radius 3 is 2.44 bits per heavy atom. The van der Waals surface area contributed by atoms with Gasteiger partial charge in [0, 0.05) is 25.3 Å². The second-order valence-corrected chi connectivity index (χ2v) is 6.36. The van der Waals surface area contributed by atoms with Crippen LogP contribution in [-0.2, 0) is 4.79 Å². The van der Waals surface area contributed by atoms with E-state index < -0.39 is 12.0 Å². The first kappa shape index (κ1) is 19.2. The van der Waals surface area contributed by atoms with Crippen LogP contribution in [0.4, 0.5) is 10.5 Å². The Balaban J connectivity index is 1.98. The molecule has 2 rings (SSSR count). The highest BCUT2D eigenvalue weighted by Crippen LogP contribution is 2.26. The van der Waals surface area contributed by atoms with Crippen molar-refractivity contribution in [1.29, 1.82) is 0 Å². The molecule has 1 saturated heterocycles. The van der Waals surface area contributed by atoms with Crippen LogP contribution in [-0.4, -0.2) is 52.9 Å². The van der Waals surface area contributed by atoms with Gasteiger partial charge in [-0.1, -0.05) is 25.5 Å². The van der Waals surface area contributed by atoms with Crippen LogP contribution in [0.3, 0.4) is 0 Å². The molecule has 0 saturated carbocycles. The minimum Gasteiger partial charge on any atom is -0.480 e. The molecule has 0 aromatic heterocycles. The van der Waals surface area contributed by atoms with Crippen molar-refractivity contribution in [2.45, 2.75) is 44.8 Å². The van der Waals surface area contributed by atoms with E-state index in [1.165, 1.54) is 0 Å². The van der Waals surface area contributed by atoms with Gasteiger partial charge in [0.2, 0.25) is 0 Å². The average Bonchev–Trinajstić information content (AvgIpc) is 2.58. The lowest BCUT2D eigenvalue weighted by atomic mass is 10.0. The van der Waals surface area contributed by atoms with Crippen LogP contribution in [0.2, 0.25) is 0 Å². The van der Waals surface area contributed by atoms with Crippen LogP contribution in [0.1, 0.15) is 44.2 Å². The number of aliphatic hydroxyl groups excluding tert-OH is 1. The van der Waals surface area contributed by atoms with Crippen molar-refractivity contribution in [3.63, 3.8) is 0 Å². The largest absolute Gasteiger partial charge is 0.480 e. The van der Waals surface area contributed by atoms with Crippen molar-refractivity contribution in [2.75, 3.05) is 25.0 Å². The number of rotatable bonds is 7. The first-order valence-corrected chi connectivity index (χ1v) is 8.81. The van der Waals surface area contributed by atoms with Crippen LogP contribution >= 0.6 is 0 Å². The van der Waals surface area contributed by atoms with Gasteiger partial charge in [-0.25, -0.2) is 4.79 Å². The molecule has 1 aromatic carbocycles. The third-order valence-electron chi connectivity index (χ3n) is 4.40. The smallest absolute Gasteiger partial charge is 0.325 e. The minimum atomic E-state index is -0.908. The Kier molecular flexibility index (Phi) is 7.21. The fourth-order valence-corrected chi connectivity index (χ4v) is 2.96. The molecule has 7 heteroatoms. The van der Waals surface area contributed by atoms with Gasteiger partial charge in [-0.15, -0.1) is 0 Å². The number of unbranched alkanes of at least 4 members (excludes halogenated alkanes) is 1. The fourth-order valence-electron chi connectivity index (χ4n) is 2.96. The number of amides is 2. The number of carboxylic acids is 1. The van der Waals surface area contributed by atoms with Gasteiger partial charge in [0.05, 0.1) is 6.10 Å². The summed E-state index contributed by atoms with van der Waals surface area (Å²) in [4.78, 5) is 25.3. The number of aliphatic carboxylic acids is 1. The van der Waals surface area contributed by atoms with Gasteiger partial charge in [0.25, 0.3) is 0 Å². The summed E-state index contributed by atoms with van der Waals surface area (Å²) in [7, 11) is 0. The van der Waals surface area contributed by atoms with E-state index in [2.05, 4.69) is 17.6 Å². The van der Waals surface area contributed by atoms with E-state index in [9.17, 15) is 19.8 Å². The lowest BCUT2D eigenvalue weighted by Gasteiger charge is -2.34. The number of anilines is 1. The molecule has 25 heavy (non-hydrogen) atoms. The highest BCUT2D eigenvalue weighted by atomic mass is 16.4. The number of hydrogen-bond donors (Lipinski definition) is 4. The third kappa shape index (κ3) is 5.72. The van der Waals surface area contributed by atoms with E-state index in [0.29, 0.717) is 43.7 Å². The van der Waals surface area contributed by atoms with Crippen molar-refractivity contribution < 1.29 is 19.8 Å². The van der Waals surface area contributed by atoms with Crippen molar-refractivity contribution in [3.05, 3.63) is 29.8 Å². The molecule has 0 radical (unpaired) electrons. The number of nitrogens with one attached hydrogen (secondary N) is 2. The zero-order valence-corrected chi connectivity index (χ0v) is 14.6. The molecule has 1 atom stereocenters. The molecule has 0 bridgehead atoms. The summed E-state index contributed by atoms with van der Waals surface area (Å²) in [6.45, 7) is 3.79. The van der Waals surface area contributed by atoms with Crippen LogP contribution in [0, 0.1) is 0 Å².